The molecule has 22 heavy (non-hydrogen) atoms. The summed E-state index contributed by atoms with van der Waals surface area (Å²) in [5.74, 6) is 0.434. The van der Waals surface area contributed by atoms with Crippen molar-refractivity contribution in [3.63, 3.8) is 0 Å². The Labute approximate surface area is 130 Å². The minimum absolute atomic E-state index is 0.251. The van der Waals surface area contributed by atoms with Crippen LogP contribution in [0.5, 0.6) is 11.9 Å². The van der Waals surface area contributed by atoms with Crippen molar-refractivity contribution in [2.75, 3.05) is 20.8 Å². The summed E-state index contributed by atoms with van der Waals surface area (Å²) in [7, 11) is 3.02. The summed E-state index contributed by atoms with van der Waals surface area (Å²) in [6.45, 7) is 5.94. The van der Waals surface area contributed by atoms with E-state index in [2.05, 4.69) is 15.3 Å². The number of nitrogens with one attached hydrogen (secondary N) is 1. The van der Waals surface area contributed by atoms with Crippen molar-refractivity contribution in [3.05, 3.63) is 17.8 Å². The predicted molar refractivity (Wildman–Crippen MR) is 83.0 cm³/mol. The zero-order valence-electron chi connectivity index (χ0n) is 13.7. The Morgan fingerprint density at radius 3 is 2.64 bits per heavy atom. The van der Waals surface area contributed by atoms with Gasteiger partial charge in [-0.05, 0) is 27.2 Å². The number of carbonyl (C=O) groups excluding carboxylic acids is 1. The maximum atomic E-state index is 11.5. The molecule has 7 heteroatoms. The van der Waals surface area contributed by atoms with Crippen molar-refractivity contribution in [2.45, 2.75) is 32.8 Å². The molecule has 0 unspecified atom stereocenters. The van der Waals surface area contributed by atoms with Crippen LogP contribution in [-0.2, 0) is 4.74 Å². The van der Waals surface area contributed by atoms with Gasteiger partial charge in [-0.25, -0.2) is 9.78 Å². The fourth-order valence-corrected chi connectivity index (χ4v) is 1.52. The molecule has 1 aromatic heterocycles. The minimum Gasteiger partial charge on any atom is -0.480 e. The van der Waals surface area contributed by atoms with E-state index in [0.717, 1.165) is 5.56 Å². The van der Waals surface area contributed by atoms with Crippen LogP contribution in [0.1, 0.15) is 32.8 Å². The number of hydrogen-bond acceptors (Lipinski definition) is 6. The van der Waals surface area contributed by atoms with Gasteiger partial charge in [0.25, 0.3) is 0 Å². The highest BCUT2D eigenvalue weighted by Crippen LogP contribution is 2.18. The smallest absolute Gasteiger partial charge is 0.407 e. The molecule has 1 aromatic rings. The number of amides is 1. The van der Waals surface area contributed by atoms with Crippen LogP contribution in [0.15, 0.2) is 12.3 Å². The van der Waals surface area contributed by atoms with Crippen LogP contribution in [0.25, 0.3) is 6.08 Å². The van der Waals surface area contributed by atoms with Crippen molar-refractivity contribution in [3.8, 4) is 11.9 Å². The van der Waals surface area contributed by atoms with Crippen molar-refractivity contribution >= 4 is 12.2 Å². The molecular formula is C15H23N3O4. The van der Waals surface area contributed by atoms with Crippen LogP contribution in [0.4, 0.5) is 4.79 Å². The zero-order chi connectivity index (χ0) is 16.6. The number of hydrogen-bond donors (Lipinski definition) is 1. The van der Waals surface area contributed by atoms with E-state index in [-0.39, 0.29) is 6.01 Å². The normalized spacial score (nSPS) is 11.3. The Balaban J connectivity index is 2.45. The van der Waals surface area contributed by atoms with Gasteiger partial charge in [0.05, 0.1) is 19.8 Å². The molecule has 0 radical (unpaired) electrons. The summed E-state index contributed by atoms with van der Waals surface area (Å²) in [6.07, 6.45) is 5.56. The van der Waals surface area contributed by atoms with E-state index < -0.39 is 11.7 Å². The molecule has 0 aliphatic heterocycles. The molecule has 1 heterocycles. The van der Waals surface area contributed by atoms with Gasteiger partial charge in [-0.2, -0.15) is 4.98 Å². The lowest BCUT2D eigenvalue weighted by Gasteiger charge is -2.19. The van der Waals surface area contributed by atoms with Gasteiger partial charge in [0.2, 0.25) is 5.88 Å². The molecule has 1 N–H and O–H groups in total. The van der Waals surface area contributed by atoms with Crippen molar-refractivity contribution in [1.29, 1.82) is 0 Å². The SMILES string of the molecule is COc1ncc(C=CCCNC(=O)OC(C)(C)C)c(OC)n1. The Hall–Kier alpha value is -2.31. The maximum absolute atomic E-state index is 11.5. The first-order valence-electron chi connectivity index (χ1n) is 6.94. The molecule has 0 aliphatic rings. The van der Waals surface area contributed by atoms with E-state index in [1.54, 1.807) is 6.20 Å². The Kier molecular flexibility index (Phi) is 6.62. The number of nitrogens with zero attached hydrogens (tertiary/aromatic N) is 2. The first-order valence-corrected chi connectivity index (χ1v) is 6.94. The van der Waals surface area contributed by atoms with E-state index in [0.29, 0.717) is 18.8 Å². The monoisotopic (exact) mass is 309 g/mol. The summed E-state index contributed by atoms with van der Waals surface area (Å²) in [6, 6.07) is 0.251. The van der Waals surface area contributed by atoms with Crippen LogP contribution in [0, 0.1) is 0 Å². The van der Waals surface area contributed by atoms with Gasteiger partial charge in [0.15, 0.2) is 0 Å². The molecule has 0 saturated heterocycles. The van der Waals surface area contributed by atoms with Crippen LogP contribution in [-0.4, -0.2) is 42.4 Å². The number of aromatic nitrogens is 2. The fourth-order valence-electron chi connectivity index (χ4n) is 1.52. The van der Waals surface area contributed by atoms with Gasteiger partial charge in [0.1, 0.15) is 5.60 Å². The average Bonchev–Trinajstić information content (AvgIpc) is 2.45. The van der Waals surface area contributed by atoms with Crippen molar-refractivity contribution in [2.24, 2.45) is 0 Å². The molecule has 1 rings (SSSR count). The summed E-state index contributed by atoms with van der Waals surface area (Å²) in [5.41, 5.74) is 0.244. The topological polar surface area (TPSA) is 82.6 Å². The zero-order valence-corrected chi connectivity index (χ0v) is 13.7. The van der Waals surface area contributed by atoms with Crippen LogP contribution in [0.2, 0.25) is 0 Å². The maximum Gasteiger partial charge on any atom is 0.407 e. The molecule has 0 fully saturated rings. The Morgan fingerprint density at radius 1 is 1.32 bits per heavy atom. The summed E-state index contributed by atoms with van der Waals surface area (Å²) in [5, 5.41) is 2.68. The second-order valence-corrected chi connectivity index (χ2v) is 5.44. The lowest BCUT2D eigenvalue weighted by molar-refractivity contribution is 0.0529. The highest BCUT2D eigenvalue weighted by molar-refractivity contribution is 5.67. The molecule has 0 aliphatic carbocycles. The fraction of sp³-hybridized carbons (Fsp3) is 0.533. The molecule has 7 nitrogen and oxygen atoms in total. The number of carbonyl (C=O) groups is 1. The largest absolute Gasteiger partial charge is 0.480 e. The Morgan fingerprint density at radius 2 is 2.05 bits per heavy atom. The van der Waals surface area contributed by atoms with Gasteiger partial charge in [-0.1, -0.05) is 12.2 Å². The van der Waals surface area contributed by atoms with E-state index in [1.165, 1.54) is 14.2 Å². The molecule has 1 amide bonds. The molecule has 0 atom stereocenters. The third-order valence-corrected chi connectivity index (χ3v) is 2.41. The van der Waals surface area contributed by atoms with E-state index >= 15 is 0 Å². The second-order valence-electron chi connectivity index (χ2n) is 5.44. The first-order chi connectivity index (χ1) is 10.4. The van der Waals surface area contributed by atoms with Crippen LogP contribution < -0.4 is 14.8 Å². The molecule has 0 aromatic carbocycles. The third-order valence-electron chi connectivity index (χ3n) is 2.41. The standard InChI is InChI=1S/C15H23N3O4/c1-15(2,3)22-14(19)16-9-7-6-8-11-10-17-13(21-5)18-12(11)20-4/h6,8,10H,7,9H2,1-5H3,(H,16,19). The Bertz CT molecular complexity index is 524. The van der Waals surface area contributed by atoms with Gasteiger partial charge in [0, 0.05) is 12.7 Å². The average molecular weight is 309 g/mol. The van der Waals surface area contributed by atoms with Crippen LogP contribution >= 0.6 is 0 Å². The number of methoxy groups -OCH3 is 2. The first kappa shape index (κ1) is 17.7. The predicted octanol–water partition coefficient (Wildman–Crippen LogP) is 2.42. The third kappa shape index (κ3) is 6.43. The van der Waals surface area contributed by atoms with Crippen molar-refractivity contribution < 1.29 is 19.0 Å². The van der Waals surface area contributed by atoms with Gasteiger partial charge < -0.3 is 19.5 Å². The highest BCUT2D eigenvalue weighted by Gasteiger charge is 2.15. The second kappa shape index (κ2) is 8.21. The number of rotatable bonds is 6. The summed E-state index contributed by atoms with van der Waals surface area (Å²) >= 11 is 0. The molecule has 0 saturated carbocycles. The summed E-state index contributed by atoms with van der Waals surface area (Å²) in [4.78, 5) is 19.6. The van der Waals surface area contributed by atoms with Crippen molar-refractivity contribution in [1.82, 2.24) is 15.3 Å². The molecular weight excluding hydrogens is 286 g/mol. The van der Waals surface area contributed by atoms with E-state index in [9.17, 15) is 4.79 Å². The number of alkyl carbamates (subject to hydrolysis) is 1. The lowest BCUT2D eigenvalue weighted by Crippen LogP contribution is -2.32. The van der Waals surface area contributed by atoms with Gasteiger partial charge in [-0.15, -0.1) is 0 Å². The van der Waals surface area contributed by atoms with Gasteiger partial charge in [-0.3, -0.25) is 0 Å². The van der Waals surface area contributed by atoms with E-state index in [1.807, 2.05) is 32.9 Å². The molecule has 122 valence electrons. The highest BCUT2D eigenvalue weighted by atomic mass is 16.6. The molecule has 0 bridgehead atoms. The van der Waals surface area contributed by atoms with E-state index in [4.69, 9.17) is 14.2 Å². The van der Waals surface area contributed by atoms with Crippen LogP contribution in [0.3, 0.4) is 0 Å². The summed E-state index contributed by atoms with van der Waals surface area (Å²) < 4.78 is 15.2. The quantitative estimate of drug-likeness (QED) is 0.813. The van der Waals surface area contributed by atoms with Gasteiger partial charge >= 0.3 is 12.1 Å². The minimum atomic E-state index is -0.492. The molecule has 0 spiro atoms. The number of ether oxygens (including phenoxy) is 3. The lowest BCUT2D eigenvalue weighted by atomic mass is 10.2.